The Hall–Kier alpha value is -2.41. The molecule has 0 unspecified atom stereocenters. The van der Waals surface area contributed by atoms with Crippen LogP contribution >= 0.6 is 0 Å². The minimum Gasteiger partial charge on any atom is -0.461 e. The highest BCUT2D eigenvalue weighted by Gasteiger charge is 2.36. The molecule has 7 heteroatoms. The molecule has 1 aliphatic heterocycles. The summed E-state index contributed by atoms with van der Waals surface area (Å²) in [5.74, 6) is 0.147. The van der Waals surface area contributed by atoms with Gasteiger partial charge >= 0.3 is 0 Å². The number of fused-ring (bicyclic) bond motifs is 3. The fraction of sp³-hybridized carbons (Fsp3) is 0.0769. The van der Waals surface area contributed by atoms with Crippen LogP contribution in [-0.4, -0.2) is 21.8 Å². The van der Waals surface area contributed by atoms with Crippen molar-refractivity contribution >= 4 is 22.0 Å². The second-order valence-electron chi connectivity index (χ2n) is 4.28. The van der Waals surface area contributed by atoms with Gasteiger partial charge in [0.1, 0.15) is 12.0 Å². The van der Waals surface area contributed by atoms with E-state index in [2.05, 4.69) is 0 Å². The first-order valence-electron chi connectivity index (χ1n) is 5.68. The fourth-order valence-corrected chi connectivity index (χ4v) is 3.57. The molecular formula is C13H9NO5S. The van der Waals surface area contributed by atoms with Gasteiger partial charge in [-0.25, -0.2) is 8.42 Å². The van der Waals surface area contributed by atoms with Gasteiger partial charge in [-0.2, -0.15) is 0 Å². The van der Waals surface area contributed by atoms with Crippen molar-refractivity contribution in [3.63, 3.8) is 0 Å². The average molecular weight is 291 g/mol. The lowest BCUT2D eigenvalue weighted by Crippen LogP contribution is -2.35. The SMILES string of the molecule is CN1c2c(occ(C=O)c2=O)-c2ccccc2S1(=O)=O. The van der Waals surface area contributed by atoms with Crippen LogP contribution in [0.15, 0.2) is 44.6 Å². The largest absolute Gasteiger partial charge is 0.461 e. The van der Waals surface area contributed by atoms with Crippen LogP contribution in [0.3, 0.4) is 0 Å². The number of carbonyl (C=O) groups excluding carboxylic acids is 1. The minimum absolute atomic E-state index is 0.0667. The molecule has 0 saturated carbocycles. The highest BCUT2D eigenvalue weighted by atomic mass is 32.2. The number of carbonyl (C=O) groups is 1. The van der Waals surface area contributed by atoms with Gasteiger partial charge in [0, 0.05) is 12.6 Å². The first-order chi connectivity index (χ1) is 9.48. The van der Waals surface area contributed by atoms with Gasteiger partial charge in [0.25, 0.3) is 10.0 Å². The van der Waals surface area contributed by atoms with Crippen LogP contribution in [0.2, 0.25) is 0 Å². The predicted octanol–water partition coefficient (Wildman–Crippen LogP) is 1.26. The van der Waals surface area contributed by atoms with E-state index < -0.39 is 15.5 Å². The van der Waals surface area contributed by atoms with Crippen molar-refractivity contribution < 1.29 is 17.6 Å². The maximum atomic E-state index is 12.4. The Morgan fingerprint density at radius 1 is 1.25 bits per heavy atom. The summed E-state index contributed by atoms with van der Waals surface area (Å²) in [5.41, 5.74) is -0.713. The molecule has 3 rings (SSSR count). The summed E-state index contributed by atoms with van der Waals surface area (Å²) < 4.78 is 30.9. The molecule has 0 bridgehead atoms. The van der Waals surface area contributed by atoms with E-state index in [-0.39, 0.29) is 21.9 Å². The molecule has 1 aromatic carbocycles. The van der Waals surface area contributed by atoms with Crippen molar-refractivity contribution in [1.82, 2.24) is 0 Å². The Bertz CT molecular complexity index is 882. The van der Waals surface area contributed by atoms with E-state index >= 15 is 0 Å². The molecule has 6 nitrogen and oxygen atoms in total. The molecule has 0 radical (unpaired) electrons. The van der Waals surface area contributed by atoms with Crippen molar-refractivity contribution in [1.29, 1.82) is 0 Å². The summed E-state index contributed by atoms with van der Waals surface area (Å²) in [7, 11) is -2.56. The lowest BCUT2D eigenvalue weighted by molar-refractivity contribution is 0.112. The summed E-state index contributed by atoms with van der Waals surface area (Å²) in [6, 6.07) is 6.24. The quantitative estimate of drug-likeness (QED) is 0.738. The second-order valence-corrected chi connectivity index (χ2v) is 6.22. The van der Waals surface area contributed by atoms with E-state index in [1.165, 1.54) is 13.1 Å². The van der Waals surface area contributed by atoms with Crippen LogP contribution in [-0.2, 0) is 10.0 Å². The van der Waals surface area contributed by atoms with Crippen LogP contribution in [0.1, 0.15) is 10.4 Å². The van der Waals surface area contributed by atoms with Crippen molar-refractivity contribution in [2.24, 2.45) is 0 Å². The molecule has 1 aromatic heterocycles. The van der Waals surface area contributed by atoms with E-state index in [9.17, 15) is 18.0 Å². The molecule has 0 saturated heterocycles. The van der Waals surface area contributed by atoms with Crippen LogP contribution in [0.5, 0.6) is 0 Å². The molecule has 0 amide bonds. The van der Waals surface area contributed by atoms with Gasteiger partial charge in [-0.3, -0.25) is 13.9 Å². The number of hydrogen-bond donors (Lipinski definition) is 0. The van der Waals surface area contributed by atoms with Crippen LogP contribution in [0.4, 0.5) is 5.69 Å². The van der Waals surface area contributed by atoms with E-state index in [0.29, 0.717) is 11.8 Å². The smallest absolute Gasteiger partial charge is 0.265 e. The second kappa shape index (κ2) is 4.04. The molecule has 0 spiro atoms. The molecule has 20 heavy (non-hydrogen) atoms. The Morgan fingerprint density at radius 3 is 2.65 bits per heavy atom. The van der Waals surface area contributed by atoms with Crippen molar-refractivity contribution in [3.8, 4) is 11.3 Å². The third-order valence-corrected chi connectivity index (χ3v) is 5.02. The Morgan fingerprint density at radius 2 is 1.95 bits per heavy atom. The summed E-state index contributed by atoms with van der Waals surface area (Å²) in [6.07, 6.45) is 1.38. The topological polar surface area (TPSA) is 84.7 Å². The predicted molar refractivity (Wildman–Crippen MR) is 71.4 cm³/mol. The summed E-state index contributed by atoms with van der Waals surface area (Å²) in [5, 5.41) is 0. The number of aldehydes is 1. The van der Waals surface area contributed by atoms with Gasteiger partial charge in [0.2, 0.25) is 5.43 Å². The molecule has 1 aliphatic rings. The third-order valence-electron chi connectivity index (χ3n) is 3.21. The van der Waals surface area contributed by atoms with E-state index in [1.54, 1.807) is 18.2 Å². The van der Waals surface area contributed by atoms with Crippen molar-refractivity contribution in [3.05, 3.63) is 46.3 Å². The summed E-state index contributed by atoms with van der Waals surface area (Å²) in [4.78, 5) is 23.0. The molecule has 0 N–H and O–H groups in total. The maximum Gasteiger partial charge on any atom is 0.265 e. The maximum absolute atomic E-state index is 12.4. The third kappa shape index (κ3) is 1.47. The standard InChI is InChI=1S/C13H9NO5S/c1-14-11-12(16)8(6-15)7-19-13(11)9-4-2-3-5-10(9)20(14,17)18/h2-7H,1H3. The molecule has 2 heterocycles. The zero-order valence-electron chi connectivity index (χ0n) is 10.4. The molecular weight excluding hydrogens is 282 g/mol. The fourth-order valence-electron chi connectivity index (χ4n) is 2.18. The van der Waals surface area contributed by atoms with Gasteiger partial charge in [-0.15, -0.1) is 0 Å². The lowest BCUT2D eigenvalue weighted by atomic mass is 10.1. The zero-order valence-corrected chi connectivity index (χ0v) is 11.2. The first kappa shape index (κ1) is 12.6. The van der Waals surface area contributed by atoms with Crippen LogP contribution in [0.25, 0.3) is 11.3 Å². The van der Waals surface area contributed by atoms with Gasteiger partial charge in [-0.05, 0) is 12.1 Å². The molecule has 0 aliphatic carbocycles. The first-order valence-corrected chi connectivity index (χ1v) is 7.12. The summed E-state index contributed by atoms with van der Waals surface area (Å²) in [6.45, 7) is 0. The highest BCUT2D eigenvalue weighted by Crippen LogP contribution is 2.40. The normalized spacial score (nSPS) is 15.3. The highest BCUT2D eigenvalue weighted by molar-refractivity contribution is 7.93. The summed E-state index contributed by atoms with van der Waals surface area (Å²) >= 11 is 0. The molecule has 0 atom stereocenters. The Balaban J connectivity index is 2.51. The number of hydrogen-bond acceptors (Lipinski definition) is 5. The number of benzene rings is 1. The van der Waals surface area contributed by atoms with Crippen LogP contribution < -0.4 is 9.73 Å². The number of nitrogens with zero attached hydrogens (tertiary/aromatic N) is 1. The zero-order chi connectivity index (χ0) is 14.5. The molecule has 102 valence electrons. The number of rotatable bonds is 1. The van der Waals surface area contributed by atoms with E-state index in [0.717, 1.165) is 10.6 Å². The number of anilines is 1. The Kier molecular flexibility index (Phi) is 2.55. The minimum atomic E-state index is -3.82. The van der Waals surface area contributed by atoms with Gasteiger partial charge in [0.05, 0.1) is 10.5 Å². The van der Waals surface area contributed by atoms with E-state index in [1.807, 2.05) is 0 Å². The van der Waals surface area contributed by atoms with Crippen LogP contribution in [0, 0.1) is 0 Å². The monoisotopic (exact) mass is 291 g/mol. The van der Waals surface area contributed by atoms with Crippen molar-refractivity contribution in [2.75, 3.05) is 11.4 Å². The number of sulfonamides is 1. The van der Waals surface area contributed by atoms with Gasteiger partial charge in [0.15, 0.2) is 12.0 Å². The molecule has 0 fully saturated rings. The van der Waals surface area contributed by atoms with Crippen molar-refractivity contribution in [2.45, 2.75) is 4.90 Å². The Labute approximate surface area is 114 Å². The average Bonchev–Trinajstić information content (AvgIpc) is 2.45. The molecule has 2 aromatic rings. The van der Waals surface area contributed by atoms with E-state index in [4.69, 9.17) is 4.42 Å². The van der Waals surface area contributed by atoms with Gasteiger partial charge < -0.3 is 4.42 Å². The van der Waals surface area contributed by atoms with Gasteiger partial charge in [-0.1, -0.05) is 12.1 Å². The lowest BCUT2D eigenvalue weighted by Gasteiger charge is -2.26.